The smallest absolute Gasteiger partial charge is 0.246 e. The quantitative estimate of drug-likeness (QED) is 0.713. The molecule has 0 saturated carbocycles. The SMILES string of the molecule is Fc1ccccc1NC(=S)NCc1nc(-c2cccs2)no1. The number of rotatable bonds is 4. The fourth-order valence-corrected chi connectivity index (χ4v) is 2.55. The zero-order chi connectivity index (χ0) is 15.4. The van der Waals surface area contributed by atoms with Crippen LogP contribution in [0, 0.1) is 5.82 Å². The van der Waals surface area contributed by atoms with Crippen LogP contribution >= 0.6 is 23.6 Å². The number of para-hydroxylation sites is 1. The maximum Gasteiger partial charge on any atom is 0.246 e. The third kappa shape index (κ3) is 3.46. The summed E-state index contributed by atoms with van der Waals surface area (Å²) >= 11 is 6.64. The van der Waals surface area contributed by atoms with Crippen LogP contribution < -0.4 is 10.6 Å². The molecule has 3 aromatic rings. The predicted octanol–water partition coefficient (Wildman–Crippen LogP) is 3.42. The zero-order valence-electron chi connectivity index (χ0n) is 11.2. The minimum atomic E-state index is -0.371. The van der Waals surface area contributed by atoms with Crippen LogP contribution in [0.1, 0.15) is 5.89 Å². The van der Waals surface area contributed by atoms with Crippen LogP contribution in [0.4, 0.5) is 10.1 Å². The molecule has 0 aliphatic carbocycles. The Balaban J connectivity index is 1.56. The second-order valence-electron chi connectivity index (χ2n) is 4.28. The van der Waals surface area contributed by atoms with Gasteiger partial charge in [-0.3, -0.25) is 0 Å². The highest BCUT2D eigenvalue weighted by Gasteiger charge is 2.10. The van der Waals surface area contributed by atoms with E-state index in [1.165, 1.54) is 17.4 Å². The van der Waals surface area contributed by atoms with Crippen molar-refractivity contribution in [3.8, 4) is 10.7 Å². The van der Waals surface area contributed by atoms with E-state index in [2.05, 4.69) is 20.8 Å². The second kappa shape index (κ2) is 6.63. The summed E-state index contributed by atoms with van der Waals surface area (Å²) in [6.07, 6.45) is 0. The van der Waals surface area contributed by atoms with Crippen molar-refractivity contribution in [2.24, 2.45) is 0 Å². The Hall–Kier alpha value is -2.32. The fraction of sp³-hybridized carbons (Fsp3) is 0.0714. The van der Waals surface area contributed by atoms with Crippen molar-refractivity contribution in [1.82, 2.24) is 15.5 Å². The Labute approximate surface area is 135 Å². The van der Waals surface area contributed by atoms with Gasteiger partial charge in [-0.2, -0.15) is 4.98 Å². The number of hydrogen-bond acceptors (Lipinski definition) is 5. The summed E-state index contributed by atoms with van der Waals surface area (Å²) in [5.74, 6) is 0.574. The van der Waals surface area contributed by atoms with Crippen molar-refractivity contribution in [1.29, 1.82) is 0 Å². The van der Waals surface area contributed by atoms with Gasteiger partial charge in [0.1, 0.15) is 5.82 Å². The van der Waals surface area contributed by atoms with Gasteiger partial charge in [-0.05, 0) is 35.8 Å². The lowest BCUT2D eigenvalue weighted by Crippen LogP contribution is -2.28. The van der Waals surface area contributed by atoms with Crippen molar-refractivity contribution >= 4 is 34.4 Å². The molecule has 5 nitrogen and oxygen atoms in total. The van der Waals surface area contributed by atoms with E-state index >= 15 is 0 Å². The Kier molecular flexibility index (Phi) is 4.40. The number of thiophene rings is 1. The second-order valence-corrected chi connectivity index (χ2v) is 5.63. The van der Waals surface area contributed by atoms with Gasteiger partial charge in [-0.25, -0.2) is 4.39 Å². The number of hydrogen-bond donors (Lipinski definition) is 2. The summed E-state index contributed by atoms with van der Waals surface area (Å²) in [4.78, 5) is 5.19. The van der Waals surface area contributed by atoms with Crippen LogP contribution in [-0.4, -0.2) is 15.3 Å². The molecular weight excluding hydrogens is 323 g/mol. The Morgan fingerprint density at radius 2 is 2.14 bits per heavy atom. The molecule has 0 aliphatic heterocycles. The van der Waals surface area contributed by atoms with Gasteiger partial charge >= 0.3 is 0 Å². The van der Waals surface area contributed by atoms with Crippen molar-refractivity contribution in [2.45, 2.75) is 6.54 Å². The molecule has 8 heteroatoms. The van der Waals surface area contributed by atoms with Gasteiger partial charge in [0.15, 0.2) is 5.11 Å². The monoisotopic (exact) mass is 334 g/mol. The first-order valence-electron chi connectivity index (χ1n) is 6.38. The number of anilines is 1. The van der Waals surface area contributed by atoms with Gasteiger partial charge < -0.3 is 15.2 Å². The molecular formula is C14H11FN4OS2. The average Bonchev–Trinajstić information content (AvgIpc) is 3.18. The van der Waals surface area contributed by atoms with Crippen LogP contribution in [-0.2, 0) is 6.54 Å². The number of benzene rings is 1. The average molecular weight is 334 g/mol. The number of nitrogens with zero attached hydrogens (tertiary/aromatic N) is 2. The molecule has 1 aromatic carbocycles. The minimum Gasteiger partial charge on any atom is -0.353 e. The van der Waals surface area contributed by atoms with Gasteiger partial charge in [-0.15, -0.1) is 11.3 Å². The van der Waals surface area contributed by atoms with Crippen molar-refractivity contribution in [3.63, 3.8) is 0 Å². The summed E-state index contributed by atoms with van der Waals surface area (Å²) < 4.78 is 18.6. The van der Waals surface area contributed by atoms with E-state index in [0.717, 1.165) is 4.88 Å². The molecule has 0 amide bonds. The minimum absolute atomic E-state index is 0.263. The Morgan fingerprint density at radius 1 is 1.27 bits per heavy atom. The normalized spacial score (nSPS) is 10.4. The van der Waals surface area contributed by atoms with E-state index in [-0.39, 0.29) is 17.5 Å². The number of aromatic nitrogens is 2. The maximum atomic E-state index is 13.5. The molecule has 2 N–H and O–H groups in total. The van der Waals surface area contributed by atoms with Crippen LogP contribution in [0.25, 0.3) is 10.7 Å². The van der Waals surface area contributed by atoms with Crippen LogP contribution in [0.5, 0.6) is 0 Å². The molecule has 2 aromatic heterocycles. The highest BCUT2D eigenvalue weighted by molar-refractivity contribution is 7.80. The van der Waals surface area contributed by atoms with Gasteiger partial charge in [-0.1, -0.05) is 23.4 Å². The van der Waals surface area contributed by atoms with E-state index in [0.29, 0.717) is 17.4 Å². The Bertz CT molecular complexity index is 773. The maximum absolute atomic E-state index is 13.5. The molecule has 0 saturated heterocycles. The largest absolute Gasteiger partial charge is 0.353 e. The summed E-state index contributed by atoms with van der Waals surface area (Å²) in [5.41, 5.74) is 0.310. The first-order chi connectivity index (χ1) is 10.7. The first kappa shape index (κ1) is 14.6. The fourth-order valence-electron chi connectivity index (χ4n) is 1.72. The molecule has 0 atom stereocenters. The molecule has 22 heavy (non-hydrogen) atoms. The third-order valence-electron chi connectivity index (χ3n) is 2.73. The zero-order valence-corrected chi connectivity index (χ0v) is 12.9. The van der Waals surface area contributed by atoms with Crippen LogP contribution in [0.2, 0.25) is 0 Å². The van der Waals surface area contributed by atoms with Crippen molar-refractivity contribution in [3.05, 3.63) is 53.5 Å². The number of nitrogens with one attached hydrogen (secondary N) is 2. The standard InChI is InChI=1S/C14H11FN4OS2/c15-9-4-1-2-5-10(9)17-14(21)16-8-12-18-13(19-20-12)11-6-3-7-22-11/h1-7H,8H2,(H2,16,17,21). The predicted molar refractivity (Wildman–Crippen MR) is 87.1 cm³/mol. The van der Waals surface area contributed by atoms with Crippen molar-refractivity contribution < 1.29 is 8.91 Å². The number of halogens is 1. The molecule has 0 spiro atoms. The molecule has 2 heterocycles. The van der Waals surface area contributed by atoms with E-state index in [1.807, 2.05) is 17.5 Å². The molecule has 0 fully saturated rings. The van der Waals surface area contributed by atoms with Crippen LogP contribution in [0.3, 0.4) is 0 Å². The van der Waals surface area contributed by atoms with Crippen LogP contribution in [0.15, 0.2) is 46.3 Å². The summed E-state index contributed by atoms with van der Waals surface area (Å²) in [7, 11) is 0. The third-order valence-corrected chi connectivity index (χ3v) is 3.84. The molecule has 0 radical (unpaired) electrons. The summed E-state index contributed by atoms with van der Waals surface area (Å²) in [6.45, 7) is 0.263. The molecule has 112 valence electrons. The van der Waals surface area contributed by atoms with Gasteiger partial charge in [0, 0.05) is 0 Å². The Morgan fingerprint density at radius 3 is 2.91 bits per heavy atom. The molecule has 0 aliphatic rings. The molecule has 0 unspecified atom stereocenters. The van der Waals surface area contributed by atoms with Gasteiger partial charge in [0.05, 0.1) is 17.1 Å². The lowest BCUT2D eigenvalue weighted by atomic mass is 10.3. The lowest BCUT2D eigenvalue weighted by Gasteiger charge is -2.09. The highest BCUT2D eigenvalue weighted by Crippen LogP contribution is 2.21. The van der Waals surface area contributed by atoms with Gasteiger partial charge in [0.25, 0.3) is 0 Å². The lowest BCUT2D eigenvalue weighted by molar-refractivity contribution is 0.376. The van der Waals surface area contributed by atoms with Crippen molar-refractivity contribution in [2.75, 3.05) is 5.32 Å². The summed E-state index contributed by atoms with van der Waals surface area (Å²) in [5, 5.41) is 11.8. The summed E-state index contributed by atoms with van der Waals surface area (Å²) in [6, 6.07) is 10.1. The van der Waals surface area contributed by atoms with E-state index in [9.17, 15) is 4.39 Å². The van der Waals surface area contributed by atoms with E-state index < -0.39 is 0 Å². The van der Waals surface area contributed by atoms with Gasteiger partial charge in [0.2, 0.25) is 11.7 Å². The molecule has 0 bridgehead atoms. The van der Waals surface area contributed by atoms with E-state index in [4.69, 9.17) is 16.7 Å². The first-order valence-corrected chi connectivity index (χ1v) is 7.67. The highest BCUT2D eigenvalue weighted by atomic mass is 32.1. The topological polar surface area (TPSA) is 63.0 Å². The van der Waals surface area contributed by atoms with E-state index in [1.54, 1.807) is 18.2 Å². The molecule has 3 rings (SSSR count). The number of thiocarbonyl (C=S) groups is 1.